The van der Waals surface area contributed by atoms with E-state index in [4.69, 9.17) is 10.2 Å². The highest BCUT2D eigenvalue weighted by atomic mass is 16.3. The fourth-order valence-electron chi connectivity index (χ4n) is 1.000. The van der Waals surface area contributed by atoms with E-state index < -0.39 is 6.10 Å². The SMILES string of the molecule is OCC(O)CC=Cc1ccccc1. The van der Waals surface area contributed by atoms with E-state index in [1.165, 1.54) is 0 Å². The average Bonchev–Trinajstić information content (AvgIpc) is 2.19. The maximum Gasteiger partial charge on any atom is 0.0805 e. The molecule has 0 aromatic heterocycles. The molecule has 1 unspecified atom stereocenters. The van der Waals surface area contributed by atoms with Crippen molar-refractivity contribution in [1.82, 2.24) is 0 Å². The third kappa shape index (κ3) is 3.87. The van der Waals surface area contributed by atoms with Crippen LogP contribution in [0.4, 0.5) is 0 Å². The van der Waals surface area contributed by atoms with Crippen LogP contribution in [0.15, 0.2) is 36.4 Å². The minimum atomic E-state index is -0.639. The van der Waals surface area contributed by atoms with Gasteiger partial charge in [0.1, 0.15) is 0 Å². The van der Waals surface area contributed by atoms with Crippen LogP contribution in [0.5, 0.6) is 0 Å². The summed E-state index contributed by atoms with van der Waals surface area (Å²) >= 11 is 0. The molecule has 0 aliphatic rings. The van der Waals surface area contributed by atoms with Gasteiger partial charge in [-0.1, -0.05) is 42.5 Å². The van der Waals surface area contributed by atoms with Gasteiger partial charge < -0.3 is 10.2 Å². The smallest absolute Gasteiger partial charge is 0.0805 e. The molecule has 0 amide bonds. The standard InChI is InChI=1S/C11H14O2/c12-9-11(13)8-4-7-10-5-2-1-3-6-10/h1-7,11-13H,8-9H2. The number of aliphatic hydroxyl groups excluding tert-OH is 2. The van der Waals surface area contributed by atoms with Crippen molar-refractivity contribution in [3.8, 4) is 0 Å². The molecule has 0 spiro atoms. The summed E-state index contributed by atoms with van der Waals surface area (Å²) in [7, 11) is 0. The minimum absolute atomic E-state index is 0.181. The van der Waals surface area contributed by atoms with Gasteiger partial charge in [-0.25, -0.2) is 0 Å². The molecule has 2 nitrogen and oxygen atoms in total. The van der Waals surface area contributed by atoms with Crippen molar-refractivity contribution in [2.45, 2.75) is 12.5 Å². The van der Waals surface area contributed by atoms with Crippen molar-refractivity contribution in [3.63, 3.8) is 0 Å². The zero-order valence-corrected chi connectivity index (χ0v) is 7.43. The van der Waals surface area contributed by atoms with Gasteiger partial charge in [0.05, 0.1) is 12.7 Å². The van der Waals surface area contributed by atoms with E-state index in [0.717, 1.165) is 5.56 Å². The van der Waals surface area contributed by atoms with Crippen molar-refractivity contribution in [2.24, 2.45) is 0 Å². The molecule has 2 N–H and O–H groups in total. The van der Waals surface area contributed by atoms with Crippen LogP contribution in [0, 0.1) is 0 Å². The van der Waals surface area contributed by atoms with Gasteiger partial charge in [0, 0.05) is 0 Å². The van der Waals surface area contributed by atoms with Gasteiger partial charge >= 0.3 is 0 Å². The molecule has 2 heteroatoms. The van der Waals surface area contributed by atoms with Crippen LogP contribution in [-0.2, 0) is 0 Å². The van der Waals surface area contributed by atoms with Crippen LogP contribution in [0.3, 0.4) is 0 Å². The molecular weight excluding hydrogens is 164 g/mol. The topological polar surface area (TPSA) is 40.5 Å². The Kier molecular flexibility index (Phi) is 4.23. The predicted molar refractivity (Wildman–Crippen MR) is 53.2 cm³/mol. The van der Waals surface area contributed by atoms with Crippen LogP contribution < -0.4 is 0 Å². The van der Waals surface area contributed by atoms with E-state index in [1.807, 2.05) is 42.5 Å². The van der Waals surface area contributed by atoms with E-state index >= 15 is 0 Å². The summed E-state index contributed by atoms with van der Waals surface area (Å²) in [5.41, 5.74) is 1.10. The highest BCUT2D eigenvalue weighted by molar-refractivity contribution is 5.48. The van der Waals surface area contributed by atoms with Crippen LogP contribution in [0.1, 0.15) is 12.0 Å². The molecular formula is C11H14O2. The second kappa shape index (κ2) is 5.51. The maximum atomic E-state index is 9.03. The summed E-state index contributed by atoms with van der Waals surface area (Å²) in [6.45, 7) is -0.181. The van der Waals surface area contributed by atoms with Gasteiger partial charge in [-0.15, -0.1) is 0 Å². The molecule has 0 radical (unpaired) electrons. The molecule has 1 aromatic rings. The largest absolute Gasteiger partial charge is 0.394 e. The molecule has 0 aliphatic carbocycles. The summed E-state index contributed by atoms with van der Waals surface area (Å²) in [5.74, 6) is 0. The Hall–Kier alpha value is -1.12. The first-order valence-electron chi connectivity index (χ1n) is 4.33. The summed E-state index contributed by atoms with van der Waals surface area (Å²) < 4.78 is 0. The summed E-state index contributed by atoms with van der Waals surface area (Å²) in [4.78, 5) is 0. The number of hydrogen-bond acceptors (Lipinski definition) is 2. The zero-order valence-electron chi connectivity index (χ0n) is 7.43. The van der Waals surface area contributed by atoms with Gasteiger partial charge in [0.2, 0.25) is 0 Å². The molecule has 1 atom stereocenters. The molecule has 13 heavy (non-hydrogen) atoms. The van der Waals surface area contributed by atoms with Gasteiger partial charge in [0.25, 0.3) is 0 Å². The highest BCUT2D eigenvalue weighted by Crippen LogP contribution is 2.02. The fraction of sp³-hybridized carbons (Fsp3) is 0.273. The molecule has 1 rings (SSSR count). The fourth-order valence-corrected chi connectivity index (χ4v) is 1.000. The minimum Gasteiger partial charge on any atom is -0.394 e. The Morgan fingerprint density at radius 1 is 1.23 bits per heavy atom. The highest BCUT2D eigenvalue weighted by Gasteiger charge is 1.96. The first kappa shape index (κ1) is 9.96. The summed E-state index contributed by atoms with van der Waals surface area (Å²) in [5, 5.41) is 17.6. The Labute approximate surface area is 78.2 Å². The van der Waals surface area contributed by atoms with E-state index in [1.54, 1.807) is 0 Å². The lowest BCUT2D eigenvalue weighted by atomic mass is 10.2. The molecule has 1 aromatic carbocycles. The first-order valence-corrected chi connectivity index (χ1v) is 4.33. The van der Waals surface area contributed by atoms with Crippen molar-refractivity contribution < 1.29 is 10.2 Å². The molecule has 70 valence electrons. The lowest BCUT2D eigenvalue weighted by Gasteiger charge is -2.00. The molecule has 0 saturated carbocycles. The van der Waals surface area contributed by atoms with E-state index in [-0.39, 0.29) is 6.61 Å². The van der Waals surface area contributed by atoms with Gasteiger partial charge in [-0.05, 0) is 12.0 Å². The number of aliphatic hydroxyl groups is 2. The third-order valence-electron chi connectivity index (χ3n) is 1.73. The molecule has 0 saturated heterocycles. The lowest BCUT2D eigenvalue weighted by Crippen LogP contribution is -2.09. The summed E-state index contributed by atoms with van der Waals surface area (Å²) in [6.07, 6.45) is 3.64. The van der Waals surface area contributed by atoms with E-state index in [2.05, 4.69) is 0 Å². The van der Waals surface area contributed by atoms with Gasteiger partial charge in [0.15, 0.2) is 0 Å². The second-order valence-corrected chi connectivity index (χ2v) is 2.89. The van der Waals surface area contributed by atoms with Crippen molar-refractivity contribution in [2.75, 3.05) is 6.61 Å². The van der Waals surface area contributed by atoms with Crippen molar-refractivity contribution in [1.29, 1.82) is 0 Å². The second-order valence-electron chi connectivity index (χ2n) is 2.89. The lowest BCUT2D eigenvalue weighted by molar-refractivity contribution is 0.0977. The van der Waals surface area contributed by atoms with Crippen molar-refractivity contribution in [3.05, 3.63) is 42.0 Å². The van der Waals surface area contributed by atoms with E-state index in [0.29, 0.717) is 6.42 Å². The quantitative estimate of drug-likeness (QED) is 0.732. The van der Waals surface area contributed by atoms with Crippen molar-refractivity contribution >= 4 is 6.08 Å². The number of benzene rings is 1. The van der Waals surface area contributed by atoms with Crippen LogP contribution >= 0.6 is 0 Å². The molecule has 0 fully saturated rings. The average molecular weight is 178 g/mol. The normalized spacial score (nSPS) is 13.4. The first-order chi connectivity index (χ1) is 6.33. The summed E-state index contributed by atoms with van der Waals surface area (Å²) in [6, 6.07) is 9.86. The monoisotopic (exact) mass is 178 g/mol. The van der Waals surface area contributed by atoms with Crippen LogP contribution in [0.2, 0.25) is 0 Å². The van der Waals surface area contributed by atoms with Gasteiger partial charge in [-0.3, -0.25) is 0 Å². The zero-order chi connectivity index (χ0) is 9.52. The number of rotatable bonds is 4. The van der Waals surface area contributed by atoms with Crippen LogP contribution in [0.25, 0.3) is 6.08 Å². The Balaban J connectivity index is 2.41. The van der Waals surface area contributed by atoms with Crippen LogP contribution in [-0.4, -0.2) is 22.9 Å². The Bertz CT molecular complexity index is 254. The Morgan fingerprint density at radius 3 is 2.54 bits per heavy atom. The third-order valence-corrected chi connectivity index (χ3v) is 1.73. The van der Waals surface area contributed by atoms with E-state index in [9.17, 15) is 0 Å². The Morgan fingerprint density at radius 2 is 1.92 bits per heavy atom. The van der Waals surface area contributed by atoms with Gasteiger partial charge in [-0.2, -0.15) is 0 Å². The molecule has 0 aliphatic heterocycles. The predicted octanol–water partition coefficient (Wildman–Crippen LogP) is 1.44. The maximum absolute atomic E-state index is 9.03. The molecule has 0 bridgehead atoms. The number of hydrogen-bond donors (Lipinski definition) is 2. The molecule has 0 heterocycles.